The second-order valence-electron chi connectivity index (χ2n) is 4.62. The van der Waals surface area contributed by atoms with Gasteiger partial charge in [-0.3, -0.25) is 4.79 Å². The quantitative estimate of drug-likeness (QED) is 0.629. The summed E-state index contributed by atoms with van der Waals surface area (Å²) in [5, 5.41) is 13.1. The van der Waals surface area contributed by atoms with Crippen LogP contribution >= 0.6 is 0 Å². The molecule has 18 heavy (non-hydrogen) atoms. The standard InChI is InChI=1S/C11H20F2N2O3/c1-15(8-11(17)3-4-14-7-11)10(16)2-5-18-6-9(12)13/h9,14,17H,2-8H2,1H3. The molecule has 1 aliphatic rings. The fourth-order valence-corrected chi connectivity index (χ4v) is 1.92. The summed E-state index contributed by atoms with van der Waals surface area (Å²) < 4.78 is 28.2. The fourth-order valence-electron chi connectivity index (χ4n) is 1.92. The molecule has 1 atom stereocenters. The first kappa shape index (κ1) is 15.3. The van der Waals surface area contributed by atoms with E-state index in [1.807, 2.05) is 0 Å². The Balaban J connectivity index is 2.20. The van der Waals surface area contributed by atoms with Gasteiger partial charge in [-0.05, 0) is 13.0 Å². The number of nitrogens with zero attached hydrogens (tertiary/aromatic N) is 1. The predicted molar refractivity (Wildman–Crippen MR) is 61.5 cm³/mol. The zero-order valence-electron chi connectivity index (χ0n) is 10.5. The number of carbonyl (C=O) groups excluding carboxylic acids is 1. The Hall–Kier alpha value is -0.790. The van der Waals surface area contributed by atoms with Crippen LogP contribution in [0, 0.1) is 0 Å². The zero-order valence-corrected chi connectivity index (χ0v) is 10.5. The maximum atomic E-state index is 11.8. The summed E-state index contributed by atoms with van der Waals surface area (Å²) in [6.45, 7) is 0.769. The number of carbonyl (C=O) groups is 1. The molecule has 0 aliphatic carbocycles. The van der Waals surface area contributed by atoms with Crippen molar-refractivity contribution in [2.45, 2.75) is 24.9 Å². The van der Waals surface area contributed by atoms with Gasteiger partial charge in [0.05, 0.1) is 25.2 Å². The van der Waals surface area contributed by atoms with E-state index in [4.69, 9.17) is 0 Å². The average Bonchev–Trinajstić information content (AvgIpc) is 2.70. The van der Waals surface area contributed by atoms with Gasteiger partial charge >= 0.3 is 0 Å². The molecule has 0 aromatic heterocycles. The fraction of sp³-hybridized carbons (Fsp3) is 0.909. The van der Waals surface area contributed by atoms with Gasteiger partial charge in [-0.1, -0.05) is 0 Å². The third-order valence-electron chi connectivity index (χ3n) is 2.88. The minimum Gasteiger partial charge on any atom is -0.387 e. The normalized spacial score (nSPS) is 23.6. The molecule has 1 heterocycles. The summed E-state index contributed by atoms with van der Waals surface area (Å²) in [7, 11) is 1.59. The molecule has 0 spiro atoms. The number of likely N-dealkylation sites (N-methyl/N-ethyl adjacent to an activating group) is 1. The Morgan fingerprint density at radius 1 is 1.61 bits per heavy atom. The van der Waals surface area contributed by atoms with Crippen molar-refractivity contribution in [3.63, 3.8) is 0 Å². The molecule has 1 amide bonds. The predicted octanol–water partition coefficient (Wildman–Crippen LogP) is -0.159. The number of hydrogen-bond donors (Lipinski definition) is 2. The van der Waals surface area contributed by atoms with Crippen molar-refractivity contribution in [1.29, 1.82) is 0 Å². The van der Waals surface area contributed by atoms with E-state index in [2.05, 4.69) is 10.1 Å². The Bertz CT molecular complexity index is 271. The van der Waals surface area contributed by atoms with Crippen LogP contribution in [-0.2, 0) is 9.53 Å². The topological polar surface area (TPSA) is 61.8 Å². The molecular formula is C11H20F2N2O3. The molecule has 1 aliphatic heterocycles. The smallest absolute Gasteiger partial charge is 0.261 e. The van der Waals surface area contributed by atoms with E-state index in [-0.39, 0.29) is 25.5 Å². The molecule has 0 bridgehead atoms. The van der Waals surface area contributed by atoms with Crippen molar-refractivity contribution in [2.24, 2.45) is 0 Å². The second kappa shape index (κ2) is 6.96. The molecule has 2 N–H and O–H groups in total. The lowest BCUT2D eigenvalue weighted by atomic mass is 10.0. The minimum absolute atomic E-state index is 0.0236. The van der Waals surface area contributed by atoms with Crippen LogP contribution in [0.15, 0.2) is 0 Å². The molecule has 1 fully saturated rings. The highest BCUT2D eigenvalue weighted by molar-refractivity contribution is 5.76. The van der Waals surface area contributed by atoms with Crippen LogP contribution in [-0.4, -0.2) is 67.8 Å². The lowest BCUT2D eigenvalue weighted by Gasteiger charge is -2.28. The van der Waals surface area contributed by atoms with Gasteiger partial charge in [0.1, 0.15) is 6.61 Å². The summed E-state index contributed by atoms with van der Waals surface area (Å²) >= 11 is 0. The Labute approximate surface area is 105 Å². The molecule has 0 aromatic carbocycles. The van der Waals surface area contributed by atoms with Crippen molar-refractivity contribution < 1.29 is 23.4 Å². The monoisotopic (exact) mass is 266 g/mol. The molecule has 7 heteroatoms. The van der Waals surface area contributed by atoms with Crippen molar-refractivity contribution in [3.05, 3.63) is 0 Å². The van der Waals surface area contributed by atoms with Crippen LogP contribution in [0.5, 0.6) is 0 Å². The van der Waals surface area contributed by atoms with E-state index >= 15 is 0 Å². The van der Waals surface area contributed by atoms with E-state index in [1.54, 1.807) is 7.05 Å². The highest BCUT2D eigenvalue weighted by atomic mass is 19.3. The number of nitrogens with one attached hydrogen (secondary N) is 1. The third-order valence-corrected chi connectivity index (χ3v) is 2.88. The van der Waals surface area contributed by atoms with Crippen LogP contribution in [0.1, 0.15) is 12.8 Å². The molecule has 1 unspecified atom stereocenters. The average molecular weight is 266 g/mol. The molecule has 106 valence electrons. The lowest BCUT2D eigenvalue weighted by molar-refractivity contribution is -0.134. The highest BCUT2D eigenvalue weighted by Crippen LogP contribution is 2.15. The molecule has 1 rings (SSSR count). The van der Waals surface area contributed by atoms with Crippen molar-refractivity contribution in [3.8, 4) is 0 Å². The summed E-state index contributed by atoms with van der Waals surface area (Å²) in [6, 6.07) is 0. The van der Waals surface area contributed by atoms with Crippen LogP contribution in [0.2, 0.25) is 0 Å². The number of alkyl halides is 2. The van der Waals surface area contributed by atoms with Crippen molar-refractivity contribution >= 4 is 5.91 Å². The van der Waals surface area contributed by atoms with E-state index in [0.717, 1.165) is 6.54 Å². The van der Waals surface area contributed by atoms with Gasteiger partial charge in [0, 0.05) is 13.6 Å². The molecule has 0 radical (unpaired) electrons. The van der Waals surface area contributed by atoms with Gasteiger partial charge in [-0.15, -0.1) is 0 Å². The van der Waals surface area contributed by atoms with Crippen LogP contribution in [0.25, 0.3) is 0 Å². The van der Waals surface area contributed by atoms with Gasteiger partial charge < -0.3 is 20.1 Å². The van der Waals surface area contributed by atoms with E-state index in [1.165, 1.54) is 4.90 Å². The number of aliphatic hydroxyl groups is 1. The van der Waals surface area contributed by atoms with Gasteiger partial charge in [-0.25, -0.2) is 8.78 Å². The van der Waals surface area contributed by atoms with Gasteiger partial charge in [-0.2, -0.15) is 0 Å². The van der Waals surface area contributed by atoms with E-state index in [0.29, 0.717) is 13.0 Å². The summed E-state index contributed by atoms with van der Waals surface area (Å²) in [4.78, 5) is 13.1. The van der Waals surface area contributed by atoms with Crippen molar-refractivity contribution in [1.82, 2.24) is 10.2 Å². The number of ether oxygens (including phenoxy) is 1. The van der Waals surface area contributed by atoms with E-state index in [9.17, 15) is 18.7 Å². The molecule has 1 saturated heterocycles. The Kier molecular flexibility index (Phi) is 5.90. The third kappa shape index (κ3) is 5.24. The molecule has 0 saturated carbocycles. The first-order chi connectivity index (χ1) is 8.43. The van der Waals surface area contributed by atoms with Crippen LogP contribution in [0.3, 0.4) is 0 Å². The van der Waals surface area contributed by atoms with Gasteiger partial charge in [0.15, 0.2) is 0 Å². The number of β-amino-alcohol motifs (C(OH)–C–C–N with tert-alkyl or cyclic N) is 1. The molecule has 0 aromatic rings. The highest BCUT2D eigenvalue weighted by Gasteiger charge is 2.33. The lowest BCUT2D eigenvalue weighted by Crippen LogP contribution is -2.45. The van der Waals surface area contributed by atoms with E-state index < -0.39 is 18.6 Å². The van der Waals surface area contributed by atoms with Crippen molar-refractivity contribution in [2.75, 3.05) is 39.9 Å². The first-order valence-electron chi connectivity index (χ1n) is 5.96. The van der Waals surface area contributed by atoms with Gasteiger partial charge in [0.25, 0.3) is 6.43 Å². The number of hydrogen-bond acceptors (Lipinski definition) is 4. The molecule has 5 nitrogen and oxygen atoms in total. The molecular weight excluding hydrogens is 246 g/mol. The SMILES string of the molecule is CN(CC1(O)CCNC1)C(=O)CCOCC(F)F. The largest absolute Gasteiger partial charge is 0.387 e. The van der Waals surface area contributed by atoms with Crippen LogP contribution < -0.4 is 5.32 Å². The minimum atomic E-state index is -2.51. The number of rotatable bonds is 7. The maximum absolute atomic E-state index is 11.8. The summed E-state index contributed by atoms with van der Waals surface area (Å²) in [6.07, 6.45) is -1.86. The zero-order chi connectivity index (χ0) is 13.6. The van der Waals surface area contributed by atoms with Crippen LogP contribution in [0.4, 0.5) is 8.78 Å². The maximum Gasteiger partial charge on any atom is 0.261 e. The van der Waals surface area contributed by atoms with Gasteiger partial charge in [0.2, 0.25) is 5.91 Å². The summed E-state index contributed by atoms with van der Waals surface area (Å²) in [5.41, 5.74) is -0.881. The Morgan fingerprint density at radius 2 is 2.33 bits per heavy atom. The number of halogens is 2. The summed E-state index contributed by atoms with van der Waals surface area (Å²) in [5.74, 6) is -0.218. The Morgan fingerprint density at radius 3 is 2.89 bits per heavy atom. The second-order valence-corrected chi connectivity index (χ2v) is 4.62. The first-order valence-corrected chi connectivity index (χ1v) is 5.96. The number of amides is 1.